The number of rotatable bonds is 3. The molecule has 0 unspecified atom stereocenters. The van der Waals surface area contributed by atoms with E-state index in [-0.39, 0.29) is 17.8 Å². The number of likely N-dealkylation sites (tertiary alicyclic amines) is 1. The first-order valence-corrected chi connectivity index (χ1v) is 7.93. The zero-order chi connectivity index (χ0) is 16.4. The molecule has 0 bridgehead atoms. The van der Waals surface area contributed by atoms with Crippen molar-refractivity contribution < 1.29 is 9.53 Å². The normalized spacial score (nSPS) is 17.3. The number of halogens is 2. The van der Waals surface area contributed by atoms with Gasteiger partial charge < -0.3 is 15.4 Å². The van der Waals surface area contributed by atoms with Crippen molar-refractivity contribution in [3.05, 3.63) is 52.1 Å². The smallest absolute Gasteiger partial charge is 0.259 e. The van der Waals surface area contributed by atoms with Gasteiger partial charge in [0.25, 0.3) is 5.91 Å². The standard InChI is InChI=1S/C16H15Cl2N3O2/c17-10-3-4-14(13(18)8-10)23-15-12(2-1-6-20-15)16(22)21-7-5-11(19)9-21/h1-4,6,8,11H,5,7,9,19H2/t11-/m1/s1. The van der Waals surface area contributed by atoms with Crippen molar-refractivity contribution in [3.63, 3.8) is 0 Å². The minimum Gasteiger partial charge on any atom is -0.437 e. The van der Waals surface area contributed by atoms with Gasteiger partial charge in [0.05, 0.1) is 5.02 Å². The average molecular weight is 352 g/mol. The lowest BCUT2D eigenvalue weighted by atomic mass is 10.2. The minimum atomic E-state index is -0.147. The van der Waals surface area contributed by atoms with E-state index in [4.69, 9.17) is 33.7 Å². The van der Waals surface area contributed by atoms with Gasteiger partial charge in [-0.2, -0.15) is 0 Å². The summed E-state index contributed by atoms with van der Waals surface area (Å²) in [7, 11) is 0. The van der Waals surface area contributed by atoms with Crippen LogP contribution in [0.1, 0.15) is 16.8 Å². The summed E-state index contributed by atoms with van der Waals surface area (Å²) in [5, 5.41) is 0.857. The summed E-state index contributed by atoms with van der Waals surface area (Å²) in [6, 6.07) is 8.26. The van der Waals surface area contributed by atoms with Gasteiger partial charge >= 0.3 is 0 Å². The Balaban J connectivity index is 1.87. The lowest BCUT2D eigenvalue weighted by molar-refractivity contribution is 0.0787. The summed E-state index contributed by atoms with van der Waals surface area (Å²) in [5.74, 6) is 0.454. The van der Waals surface area contributed by atoms with E-state index < -0.39 is 0 Å². The molecule has 2 N–H and O–H groups in total. The van der Waals surface area contributed by atoms with Gasteiger partial charge in [0, 0.05) is 30.4 Å². The highest BCUT2D eigenvalue weighted by Gasteiger charge is 2.27. The number of benzene rings is 1. The Kier molecular flexibility index (Phi) is 4.71. The van der Waals surface area contributed by atoms with Crippen LogP contribution in [-0.2, 0) is 0 Å². The lowest BCUT2D eigenvalue weighted by Crippen LogP contribution is -2.32. The average Bonchev–Trinajstić information content (AvgIpc) is 2.96. The van der Waals surface area contributed by atoms with E-state index in [1.807, 2.05) is 0 Å². The third kappa shape index (κ3) is 3.58. The zero-order valence-corrected chi connectivity index (χ0v) is 13.7. The zero-order valence-electron chi connectivity index (χ0n) is 12.2. The molecule has 1 fully saturated rings. The Morgan fingerprint density at radius 3 is 2.87 bits per heavy atom. The van der Waals surface area contributed by atoms with Crippen molar-refractivity contribution in [2.45, 2.75) is 12.5 Å². The minimum absolute atomic E-state index is 0.0192. The molecule has 5 nitrogen and oxygen atoms in total. The summed E-state index contributed by atoms with van der Waals surface area (Å²) < 4.78 is 5.72. The van der Waals surface area contributed by atoms with Gasteiger partial charge in [-0.25, -0.2) is 4.98 Å². The number of hydrogen-bond donors (Lipinski definition) is 1. The molecule has 0 spiro atoms. The van der Waals surface area contributed by atoms with Crippen molar-refractivity contribution in [2.24, 2.45) is 5.73 Å². The Morgan fingerprint density at radius 1 is 1.35 bits per heavy atom. The molecular formula is C16H15Cl2N3O2. The van der Waals surface area contributed by atoms with Gasteiger partial charge in [-0.1, -0.05) is 23.2 Å². The largest absolute Gasteiger partial charge is 0.437 e. The Morgan fingerprint density at radius 2 is 2.17 bits per heavy atom. The maximum Gasteiger partial charge on any atom is 0.259 e. The van der Waals surface area contributed by atoms with Crippen LogP contribution in [0.4, 0.5) is 0 Å². The van der Waals surface area contributed by atoms with Crippen LogP contribution in [0.25, 0.3) is 0 Å². The fourth-order valence-corrected chi connectivity index (χ4v) is 2.89. The molecule has 23 heavy (non-hydrogen) atoms. The molecule has 7 heteroatoms. The van der Waals surface area contributed by atoms with E-state index in [2.05, 4.69) is 4.98 Å². The lowest BCUT2D eigenvalue weighted by Gasteiger charge is -2.17. The number of aromatic nitrogens is 1. The molecule has 1 atom stereocenters. The van der Waals surface area contributed by atoms with E-state index in [9.17, 15) is 4.79 Å². The molecule has 1 aromatic carbocycles. The number of ether oxygens (including phenoxy) is 1. The first-order valence-electron chi connectivity index (χ1n) is 7.17. The van der Waals surface area contributed by atoms with Crippen molar-refractivity contribution in [2.75, 3.05) is 13.1 Å². The monoisotopic (exact) mass is 351 g/mol. The van der Waals surface area contributed by atoms with Crippen LogP contribution in [-0.4, -0.2) is 34.9 Å². The first-order chi connectivity index (χ1) is 11.0. The molecule has 1 aliphatic rings. The third-order valence-corrected chi connectivity index (χ3v) is 4.14. The fourth-order valence-electron chi connectivity index (χ4n) is 2.44. The predicted octanol–water partition coefficient (Wildman–Crippen LogP) is 3.35. The van der Waals surface area contributed by atoms with E-state index in [1.54, 1.807) is 41.4 Å². The van der Waals surface area contributed by atoms with Gasteiger partial charge in [0.15, 0.2) is 0 Å². The van der Waals surface area contributed by atoms with Crippen LogP contribution in [0.15, 0.2) is 36.5 Å². The summed E-state index contributed by atoms with van der Waals surface area (Å²) in [4.78, 5) is 18.5. The second kappa shape index (κ2) is 6.74. The summed E-state index contributed by atoms with van der Waals surface area (Å²) in [6.45, 7) is 1.17. The number of pyridine rings is 1. The number of nitrogens with zero attached hydrogens (tertiary/aromatic N) is 2. The molecule has 1 amide bonds. The topological polar surface area (TPSA) is 68.5 Å². The molecule has 1 aromatic heterocycles. The molecule has 0 radical (unpaired) electrons. The van der Waals surface area contributed by atoms with Gasteiger partial charge in [-0.15, -0.1) is 0 Å². The summed E-state index contributed by atoms with van der Waals surface area (Å²) in [5.41, 5.74) is 6.25. The molecule has 2 aromatic rings. The molecule has 0 saturated carbocycles. The maximum absolute atomic E-state index is 12.6. The second-order valence-electron chi connectivity index (χ2n) is 5.33. The van der Waals surface area contributed by atoms with E-state index >= 15 is 0 Å². The highest BCUT2D eigenvalue weighted by atomic mass is 35.5. The maximum atomic E-state index is 12.6. The number of carbonyl (C=O) groups is 1. The second-order valence-corrected chi connectivity index (χ2v) is 6.18. The van der Waals surface area contributed by atoms with Gasteiger partial charge in [-0.3, -0.25) is 4.79 Å². The third-order valence-electron chi connectivity index (χ3n) is 3.61. The van der Waals surface area contributed by atoms with Crippen LogP contribution in [0.2, 0.25) is 10.0 Å². The Bertz CT molecular complexity index is 739. The Labute approximate surface area is 144 Å². The molecule has 1 aliphatic heterocycles. The van der Waals surface area contributed by atoms with Gasteiger partial charge in [-0.05, 0) is 36.8 Å². The highest BCUT2D eigenvalue weighted by Crippen LogP contribution is 2.32. The number of amides is 1. The van der Waals surface area contributed by atoms with Crippen molar-refractivity contribution in [1.29, 1.82) is 0 Å². The summed E-state index contributed by atoms with van der Waals surface area (Å²) in [6.07, 6.45) is 2.36. The van der Waals surface area contributed by atoms with Gasteiger partial charge in [0.1, 0.15) is 11.3 Å². The van der Waals surface area contributed by atoms with Crippen LogP contribution in [0.5, 0.6) is 11.6 Å². The van der Waals surface area contributed by atoms with Crippen molar-refractivity contribution in [1.82, 2.24) is 9.88 Å². The molecule has 120 valence electrons. The SMILES string of the molecule is N[C@@H]1CCN(C(=O)c2cccnc2Oc2ccc(Cl)cc2Cl)C1. The number of carbonyl (C=O) groups excluding carboxylic acids is 1. The molecule has 1 saturated heterocycles. The van der Waals surface area contributed by atoms with Gasteiger partial charge in [0.2, 0.25) is 5.88 Å². The number of nitrogens with two attached hydrogens (primary N) is 1. The first kappa shape index (κ1) is 16.1. The van der Waals surface area contributed by atoms with Crippen molar-refractivity contribution in [3.8, 4) is 11.6 Å². The molecule has 0 aliphatic carbocycles. The van der Waals surface area contributed by atoms with E-state index in [1.165, 1.54) is 0 Å². The van der Waals surface area contributed by atoms with E-state index in [0.717, 1.165) is 6.42 Å². The van der Waals surface area contributed by atoms with Crippen LogP contribution < -0.4 is 10.5 Å². The fraction of sp³-hybridized carbons (Fsp3) is 0.250. The molecule has 3 rings (SSSR count). The van der Waals surface area contributed by atoms with Crippen LogP contribution in [0, 0.1) is 0 Å². The quantitative estimate of drug-likeness (QED) is 0.920. The Hall–Kier alpha value is -1.82. The highest BCUT2D eigenvalue weighted by molar-refractivity contribution is 6.35. The predicted molar refractivity (Wildman–Crippen MR) is 89.3 cm³/mol. The van der Waals surface area contributed by atoms with E-state index in [0.29, 0.717) is 34.4 Å². The molecular weight excluding hydrogens is 337 g/mol. The van der Waals surface area contributed by atoms with Crippen molar-refractivity contribution >= 4 is 29.1 Å². The number of hydrogen-bond acceptors (Lipinski definition) is 4. The van der Waals surface area contributed by atoms with Crippen LogP contribution in [0.3, 0.4) is 0 Å². The summed E-state index contributed by atoms with van der Waals surface area (Å²) >= 11 is 12.0. The molecule has 2 heterocycles. The van der Waals surface area contributed by atoms with Crippen LogP contribution >= 0.6 is 23.2 Å².